The van der Waals surface area contributed by atoms with E-state index in [2.05, 4.69) is 20.6 Å². The second-order valence-electron chi connectivity index (χ2n) is 13.8. The Morgan fingerprint density at radius 2 is 1.64 bits per heavy atom. The van der Waals surface area contributed by atoms with Crippen molar-refractivity contribution < 1.29 is 17.2 Å². The van der Waals surface area contributed by atoms with Crippen molar-refractivity contribution in [2.45, 2.75) is 69.7 Å². The minimum atomic E-state index is -3.95. The summed E-state index contributed by atoms with van der Waals surface area (Å²) in [6, 6.07) is 12.1. The van der Waals surface area contributed by atoms with Gasteiger partial charge in [-0.2, -0.15) is 0 Å². The molecule has 11 heteroatoms. The van der Waals surface area contributed by atoms with Crippen LogP contribution in [0.4, 0.5) is 17.2 Å². The van der Waals surface area contributed by atoms with Gasteiger partial charge in [-0.15, -0.1) is 8.42 Å². The number of nitrogens with one attached hydrogen (secondary N) is 1. The molecule has 6 heterocycles. The molecule has 244 valence electrons. The molecule has 1 amide bonds. The second kappa shape index (κ2) is 11.6. The fraction of sp³-hybridized carbons (Fsp3) is 0.444. The number of amides is 1. The number of likely N-dealkylation sites (tertiary alicyclic amines) is 1. The molecule has 1 spiro atoms. The molecule has 4 aromatic rings. The first kappa shape index (κ1) is 30.3. The molecule has 1 aliphatic carbocycles. The van der Waals surface area contributed by atoms with Crippen molar-refractivity contribution in [3.05, 3.63) is 72.3 Å². The average Bonchev–Trinajstić information content (AvgIpc) is 3.31. The van der Waals surface area contributed by atoms with Crippen LogP contribution in [0.25, 0.3) is 22.0 Å². The topological polar surface area (TPSA) is 103 Å². The normalized spacial score (nSPS) is 20.1. The molecular weight excluding hydrogens is 611 g/mol. The number of likely N-dealkylation sites (N-methyl/N-ethyl adjacent to an activating group) is 1. The highest BCUT2D eigenvalue weighted by atomic mass is 32.2. The van der Waals surface area contributed by atoms with E-state index in [0.717, 1.165) is 84.0 Å². The lowest BCUT2D eigenvalue weighted by atomic mass is 9.64. The van der Waals surface area contributed by atoms with E-state index < -0.39 is 15.6 Å². The Morgan fingerprint density at radius 1 is 0.894 bits per heavy atom. The van der Waals surface area contributed by atoms with Gasteiger partial charge in [0.05, 0.1) is 28.5 Å². The molecule has 3 aliphatic heterocycles. The smallest absolute Gasteiger partial charge is 0.355 e. The summed E-state index contributed by atoms with van der Waals surface area (Å²) >= 11 is 0. The van der Waals surface area contributed by atoms with Crippen LogP contribution >= 0.6 is 0 Å². The first-order valence-electron chi connectivity index (χ1n) is 17.0. The van der Waals surface area contributed by atoms with E-state index in [1.54, 1.807) is 29.4 Å². The van der Waals surface area contributed by atoms with Crippen LogP contribution in [-0.2, 0) is 20.4 Å². The van der Waals surface area contributed by atoms with Crippen molar-refractivity contribution in [2.24, 2.45) is 0 Å². The fourth-order valence-corrected chi connectivity index (χ4v) is 9.13. The monoisotopic (exact) mass is 652 g/mol. The Labute approximate surface area is 276 Å². The molecule has 3 fully saturated rings. The third-order valence-corrected chi connectivity index (χ3v) is 12.2. The lowest BCUT2D eigenvalue weighted by molar-refractivity contribution is -0.510. The lowest BCUT2D eigenvalue weighted by Gasteiger charge is -2.40. The van der Waals surface area contributed by atoms with Crippen molar-refractivity contribution in [3.63, 3.8) is 0 Å². The number of fused-ring (bicyclic) bond motifs is 4. The molecule has 1 N–H and O–H groups in total. The maximum atomic E-state index is 13.7. The van der Waals surface area contributed by atoms with Gasteiger partial charge in [0.1, 0.15) is 0 Å². The SMILES string of the molecule is Cc1cc[n+](S(=O)(=O)Nc2cc(-c3ccc4ncc5c(c4c3)C3(CCC3)C(=O)N5C)cnc2N2CCC(N3CCCCC3)CC2)cc1. The number of hydrogen-bond donors (Lipinski definition) is 1. The van der Waals surface area contributed by atoms with Crippen molar-refractivity contribution in [2.75, 3.05) is 47.7 Å². The lowest BCUT2D eigenvalue weighted by Crippen LogP contribution is -2.48. The summed E-state index contributed by atoms with van der Waals surface area (Å²) in [7, 11) is -2.10. The molecule has 0 radical (unpaired) electrons. The summed E-state index contributed by atoms with van der Waals surface area (Å²) < 4.78 is 31.5. The maximum Gasteiger partial charge on any atom is 0.470 e. The minimum absolute atomic E-state index is 0.152. The average molecular weight is 653 g/mol. The summed E-state index contributed by atoms with van der Waals surface area (Å²) in [5.41, 5.74) is 5.45. The van der Waals surface area contributed by atoms with Gasteiger partial charge in [0.2, 0.25) is 5.91 Å². The van der Waals surface area contributed by atoms with Crippen LogP contribution in [0.2, 0.25) is 0 Å². The maximum absolute atomic E-state index is 13.7. The molecule has 8 rings (SSSR count). The summed E-state index contributed by atoms with van der Waals surface area (Å²) in [6.45, 7) is 5.91. The van der Waals surface area contributed by atoms with Gasteiger partial charge in [-0.3, -0.25) is 9.78 Å². The highest BCUT2D eigenvalue weighted by Gasteiger charge is 2.54. The van der Waals surface area contributed by atoms with Crippen LogP contribution in [0.1, 0.15) is 62.5 Å². The first-order chi connectivity index (χ1) is 22.7. The number of anilines is 3. The van der Waals surface area contributed by atoms with E-state index >= 15 is 0 Å². The quantitative estimate of drug-likeness (QED) is 0.294. The number of nitrogens with zero attached hydrogens (tertiary/aromatic N) is 6. The molecular formula is C36H42N7O3S+. The van der Waals surface area contributed by atoms with Gasteiger partial charge >= 0.3 is 10.2 Å². The Morgan fingerprint density at radius 3 is 2.34 bits per heavy atom. The number of piperidine rings is 2. The highest BCUT2D eigenvalue weighted by Crippen LogP contribution is 2.55. The van der Waals surface area contributed by atoms with Crippen molar-refractivity contribution in [1.82, 2.24) is 14.9 Å². The molecule has 2 saturated heterocycles. The summed E-state index contributed by atoms with van der Waals surface area (Å²) in [6.07, 6.45) is 15.4. The number of hydrogen-bond acceptors (Lipinski definition) is 7. The summed E-state index contributed by atoms with van der Waals surface area (Å²) in [4.78, 5) is 29.7. The molecule has 0 unspecified atom stereocenters. The van der Waals surface area contributed by atoms with Crippen molar-refractivity contribution in [1.29, 1.82) is 0 Å². The standard InChI is InChI=1S/C36H42N7O3S/c1-25-9-19-43(20-10-25)47(45,46)39-31-22-27(23-38-34(31)42-17-11-28(12-18-42)41-15-4-3-5-16-41)26-7-8-30-29(21-26)33-32(24-37-30)40(2)35(44)36(33)13-6-14-36/h7-10,19-24,28,39H,3-6,11-18H2,1-2H3/q+1. The van der Waals surface area contributed by atoms with Crippen LogP contribution in [0.5, 0.6) is 0 Å². The molecule has 10 nitrogen and oxygen atoms in total. The molecule has 0 bridgehead atoms. The zero-order chi connectivity index (χ0) is 32.3. The van der Waals surface area contributed by atoms with Crippen LogP contribution in [-0.4, -0.2) is 68.5 Å². The molecule has 47 heavy (non-hydrogen) atoms. The van der Waals surface area contributed by atoms with Crippen molar-refractivity contribution >= 4 is 44.2 Å². The predicted molar refractivity (Wildman–Crippen MR) is 184 cm³/mol. The van der Waals surface area contributed by atoms with Gasteiger partial charge in [0.15, 0.2) is 18.2 Å². The van der Waals surface area contributed by atoms with Crippen LogP contribution in [0.15, 0.2) is 61.2 Å². The van der Waals surface area contributed by atoms with E-state index in [0.29, 0.717) is 17.5 Å². The zero-order valence-corrected chi connectivity index (χ0v) is 28.0. The number of rotatable bonds is 6. The predicted octanol–water partition coefficient (Wildman–Crippen LogP) is 4.95. The van der Waals surface area contributed by atoms with E-state index in [1.165, 1.54) is 36.3 Å². The largest absolute Gasteiger partial charge is 0.470 e. The molecule has 1 saturated carbocycles. The Bertz CT molecular complexity index is 1960. The van der Waals surface area contributed by atoms with Gasteiger partial charge in [0, 0.05) is 61.0 Å². The van der Waals surface area contributed by atoms with Crippen LogP contribution in [0, 0.1) is 6.92 Å². The molecule has 1 aromatic carbocycles. The number of benzene rings is 1. The number of aromatic nitrogens is 3. The Balaban J connectivity index is 1.17. The van der Waals surface area contributed by atoms with Gasteiger partial charge in [-0.25, -0.2) is 9.71 Å². The zero-order valence-electron chi connectivity index (χ0n) is 27.2. The first-order valence-corrected chi connectivity index (χ1v) is 18.4. The summed E-state index contributed by atoms with van der Waals surface area (Å²) in [5, 5.41) is 0.971. The second-order valence-corrected chi connectivity index (χ2v) is 15.3. The van der Waals surface area contributed by atoms with E-state index in [9.17, 15) is 13.2 Å². The third-order valence-electron chi connectivity index (χ3n) is 11.0. The molecule has 4 aliphatic rings. The molecule has 0 atom stereocenters. The number of aryl methyl sites for hydroxylation is 1. The third kappa shape index (κ3) is 5.14. The summed E-state index contributed by atoms with van der Waals surface area (Å²) in [5.74, 6) is 0.796. The highest BCUT2D eigenvalue weighted by molar-refractivity contribution is 7.86. The molecule has 3 aromatic heterocycles. The van der Waals surface area contributed by atoms with E-state index in [-0.39, 0.29) is 5.91 Å². The Hall–Kier alpha value is -4.09. The number of pyridine rings is 3. The van der Waals surface area contributed by atoms with Gasteiger partial charge < -0.3 is 14.7 Å². The van der Waals surface area contributed by atoms with Crippen LogP contribution in [0.3, 0.4) is 0 Å². The van der Waals surface area contributed by atoms with Crippen LogP contribution < -0.4 is 18.5 Å². The number of carbonyl (C=O) groups excluding carboxylic acids is 1. The van der Waals surface area contributed by atoms with E-state index in [1.807, 2.05) is 44.6 Å². The van der Waals surface area contributed by atoms with Gasteiger partial charge in [0.25, 0.3) is 0 Å². The van der Waals surface area contributed by atoms with E-state index in [4.69, 9.17) is 9.97 Å². The fourth-order valence-electron chi connectivity index (χ4n) is 8.16. The van der Waals surface area contributed by atoms with Gasteiger partial charge in [-0.1, -0.05) is 22.9 Å². The minimum Gasteiger partial charge on any atom is -0.355 e. The van der Waals surface area contributed by atoms with Gasteiger partial charge in [-0.05, 0) is 87.9 Å². The van der Waals surface area contributed by atoms with Crippen molar-refractivity contribution in [3.8, 4) is 11.1 Å². The Kier molecular flexibility index (Phi) is 7.44. The number of carbonyl (C=O) groups is 1.